The number of nitrogens with one attached hydrogen (secondary N) is 2. The fourth-order valence-corrected chi connectivity index (χ4v) is 1.06. The SMILES string of the molecule is CCNC(=O)Nc1ccc(CN)cc1. The number of carbonyl (C=O) groups excluding carboxylic acids is 1. The number of nitrogens with two attached hydrogens (primary N) is 1. The molecular formula is C10H15N3O. The second-order valence-corrected chi connectivity index (χ2v) is 2.89. The Balaban J connectivity index is 2.55. The van der Waals surface area contributed by atoms with E-state index < -0.39 is 0 Å². The zero-order chi connectivity index (χ0) is 10.4. The van der Waals surface area contributed by atoms with E-state index >= 15 is 0 Å². The summed E-state index contributed by atoms with van der Waals surface area (Å²) in [5.41, 5.74) is 7.27. The Morgan fingerprint density at radius 1 is 1.36 bits per heavy atom. The van der Waals surface area contributed by atoms with E-state index in [1.165, 1.54) is 0 Å². The van der Waals surface area contributed by atoms with E-state index in [1.54, 1.807) is 0 Å². The van der Waals surface area contributed by atoms with Crippen LogP contribution in [0.4, 0.5) is 10.5 Å². The van der Waals surface area contributed by atoms with Crippen molar-refractivity contribution in [1.29, 1.82) is 0 Å². The molecule has 0 aliphatic rings. The fourth-order valence-electron chi connectivity index (χ4n) is 1.06. The quantitative estimate of drug-likeness (QED) is 0.677. The predicted molar refractivity (Wildman–Crippen MR) is 57.0 cm³/mol. The lowest BCUT2D eigenvalue weighted by atomic mass is 10.2. The Morgan fingerprint density at radius 2 is 2.00 bits per heavy atom. The standard InChI is InChI=1S/C10H15N3O/c1-2-12-10(14)13-9-5-3-8(7-11)4-6-9/h3-6H,2,7,11H2,1H3,(H2,12,13,14). The Labute approximate surface area is 83.5 Å². The van der Waals surface area contributed by atoms with Crippen molar-refractivity contribution in [2.24, 2.45) is 5.73 Å². The number of urea groups is 1. The largest absolute Gasteiger partial charge is 0.338 e. The third kappa shape index (κ3) is 3.06. The highest BCUT2D eigenvalue weighted by Gasteiger charge is 1.98. The van der Waals surface area contributed by atoms with Crippen molar-refractivity contribution in [2.75, 3.05) is 11.9 Å². The second kappa shape index (κ2) is 5.24. The van der Waals surface area contributed by atoms with Gasteiger partial charge in [-0.05, 0) is 24.6 Å². The highest BCUT2D eigenvalue weighted by Crippen LogP contribution is 2.08. The van der Waals surface area contributed by atoms with Crippen LogP contribution in [0.1, 0.15) is 12.5 Å². The Bertz CT molecular complexity index is 295. The minimum atomic E-state index is -0.187. The van der Waals surface area contributed by atoms with Crippen LogP contribution in [0.2, 0.25) is 0 Å². The Hall–Kier alpha value is -1.55. The normalized spacial score (nSPS) is 9.57. The molecule has 1 aromatic carbocycles. The van der Waals surface area contributed by atoms with Gasteiger partial charge in [-0.2, -0.15) is 0 Å². The van der Waals surface area contributed by atoms with Gasteiger partial charge in [-0.1, -0.05) is 12.1 Å². The zero-order valence-corrected chi connectivity index (χ0v) is 8.21. The summed E-state index contributed by atoms with van der Waals surface area (Å²) >= 11 is 0. The first-order valence-electron chi connectivity index (χ1n) is 4.60. The first-order valence-corrected chi connectivity index (χ1v) is 4.60. The summed E-state index contributed by atoms with van der Waals surface area (Å²) in [6, 6.07) is 7.26. The van der Waals surface area contributed by atoms with Crippen LogP contribution in [0.25, 0.3) is 0 Å². The molecule has 4 heteroatoms. The number of rotatable bonds is 3. The van der Waals surface area contributed by atoms with Gasteiger partial charge in [0.2, 0.25) is 0 Å². The van der Waals surface area contributed by atoms with Gasteiger partial charge in [0, 0.05) is 18.8 Å². The molecule has 0 aliphatic carbocycles. The minimum absolute atomic E-state index is 0.187. The number of hydrogen-bond acceptors (Lipinski definition) is 2. The van der Waals surface area contributed by atoms with Gasteiger partial charge in [0.25, 0.3) is 0 Å². The molecule has 0 heterocycles. The summed E-state index contributed by atoms with van der Waals surface area (Å²) in [5.74, 6) is 0. The van der Waals surface area contributed by atoms with Gasteiger partial charge < -0.3 is 16.4 Å². The first-order chi connectivity index (χ1) is 6.76. The molecule has 0 atom stereocenters. The lowest BCUT2D eigenvalue weighted by Gasteiger charge is -2.05. The maximum Gasteiger partial charge on any atom is 0.319 e. The number of amides is 2. The van der Waals surface area contributed by atoms with Crippen LogP contribution in [0.3, 0.4) is 0 Å². The summed E-state index contributed by atoms with van der Waals surface area (Å²) < 4.78 is 0. The Kier molecular flexibility index (Phi) is 3.94. The van der Waals surface area contributed by atoms with Crippen molar-refractivity contribution in [3.05, 3.63) is 29.8 Å². The van der Waals surface area contributed by atoms with Crippen LogP contribution in [-0.2, 0) is 6.54 Å². The molecule has 0 saturated carbocycles. The molecule has 2 amide bonds. The van der Waals surface area contributed by atoms with Crippen LogP contribution < -0.4 is 16.4 Å². The van der Waals surface area contributed by atoms with Gasteiger partial charge in [-0.3, -0.25) is 0 Å². The van der Waals surface area contributed by atoms with E-state index in [9.17, 15) is 4.79 Å². The van der Waals surface area contributed by atoms with E-state index in [1.807, 2.05) is 31.2 Å². The molecule has 0 spiro atoms. The molecule has 0 unspecified atom stereocenters. The number of carbonyl (C=O) groups is 1. The molecule has 1 rings (SSSR count). The molecule has 4 N–H and O–H groups in total. The van der Waals surface area contributed by atoms with Gasteiger partial charge >= 0.3 is 6.03 Å². The van der Waals surface area contributed by atoms with Crippen molar-refractivity contribution in [3.63, 3.8) is 0 Å². The highest BCUT2D eigenvalue weighted by molar-refractivity contribution is 5.89. The van der Waals surface area contributed by atoms with Crippen LogP contribution in [0.5, 0.6) is 0 Å². The molecule has 76 valence electrons. The maximum atomic E-state index is 11.1. The summed E-state index contributed by atoms with van der Waals surface area (Å²) in [6.45, 7) is 3.01. The lowest BCUT2D eigenvalue weighted by Crippen LogP contribution is -2.28. The third-order valence-corrected chi connectivity index (χ3v) is 1.78. The molecule has 1 aromatic rings. The van der Waals surface area contributed by atoms with Crippen LogP contribution in [0.15, 0.2) is 24.3 Å². The van der Waals surface area contributed by atoms with Crippen molar-refractivity contribution < 1.29 is 4.79 Å². The van der Waals surface area contributed by atoms with E-state index in [0.29, 0.717) is 13.1 Å². The highest BCUT2D eigenvalue weighted by atomic mass is 16.2. The van der Waals surface area contributed by atoms with E-state index in [2.05, 4.69) is 10.6 Å². The van der Waals surface area contributed by atoms with Crippen molar-refractivity contribution in [3.8, 4) is 0 Å². The summed E-state index contributed by atoms with van der Waals surface area (Å²) in [5, 5.41) is 5.35. The van der Waals surface area contributed by atoms with E-state index in [0.717, 1.165) is 11.3 Å². The van der Waals surface area contributed by atoms with Crippen molar-refractivity contribution >= 4 is 11.7 Å². The van der Waals surface area contributed by atoms with Gasteiger partial charge in [0.05, 0.1) is 0 Å². The summed E-state index contributed by atoms with van der Waals surface area (Å²) in [4.78, 5) is 11.1. The third-order valence-electron chi connectivity index (χ3n) is 1.78. The molecular weight excluding hydrogens is 178 g/mol. The molecule has 0 aliphatic heterocycles. The van der Waals surface area contributed by atoms with E-state index in [-0.39, 0.29) is 6.03 Å². The average Bonchev–Trinajstić information content (AvgIpc) is 2.19. The van der Waals surface area contributed by atoms with Gasteiger partial charge in [0.1, 0.15) is 0 Å². The zero-order valence-electron chi connectivity index (χ0n) is 8.21. The van der Waals surface area contributed by atoms with Gasteiger partial charge in [-0.25, -0.2) is 4.79 Å². The van der Waals surface area contributed by atoms with Crippen LogP contribution in [0, 0.1) is 0 Å². The molecule has 0 bridgehead atoms. The lowest BCUT2D eigenvalue weighted by molar-refractivity contribution is 0.252. The van der Waals surface area contributed by atoms with E-state index in [4.69, 9.17) is 5.73 Å². The molecule has 4 nitrogen and oxygen atoms in total. The fraction of sp³-hybridized carbons (Fsp3) is 0.300. The minimum Gasteiger partial charge on any atom is -0.338 e. The van der Waals surface area contributed by atoms with Crippen molar-refractivity contribution in [2.45, 2.75) is 13.5 Å². The predicted octanol–water partition coefficient (Wildman–Crippen LogP) is 1.29. The monoisotopic (exact) mass is 193 g/mol. The van der Waals surface area contributed by atoms with Crippen molar-refractivity contribution in [1.82, 2.24) is 5.32 Å². The number of hydrogen-bond donors (Lipinski definition) is 3. The second-order valence-electron chi connectivity index (χ2n) is 2.89. The molecule has 0 aromatic heterocycles. The first kappa shape index (κ1) is 10.5. The number of anilines is 1. The maximum absolute atomic E-state index is 11.1. The Morgan fingerprint density at radius 3 is 2.50 bits per heavy atom. The number of benzene rings is 1. The van der Waals surface area contributed by atoms with Crippen LogP contribution in [-0.4, -0.2) is 12.6 Å². The summed E-state index contributed by atoms with van der Waals surface area (Å²) in [7, 11) is 0. The molecule has 14 heavy (non-hydrogen) atoms. The molecule has 0 fully saturated rings. The molecule has 0 radical (unpaired) electrons. The topological polar surface area (TPSA) is 67.2 Å². The van der Waals surface area contributed by atoms with Gasteiger partial charge in [-0.15, -0.1) is 0 Å². The van der Waals surface area contributed by atoms with Gasteiger partial charge in [0.15, 0.2) is 0 Å². The summed E-state index contributed by atoms with van der Waals surface area (Å²) in [6.07, 6.45) is 0. The van der Waals surface area contributed by atoms with Crippen LogP contribution >= 0.6 is 0 Å². The molecule has 0 saturated heterocycles. The average molecular weight is 193 g/mol. The smallest absolute Gasteiger partial charge is 0.319 e.